The molecule has 1 aromatic heterocycles. The van der Waals surface area contributed by atoms with Gasteiger partial charge >= 0.3 is 5.69 Å². The van der Waals surface area contributed by atoms with Gasteiger partial charge in [-0.3, -0.25) is 14.2 Å². The van der Waals surface area contributed by atoms with Gasteiger partial charge in [0.05, 0.1) is 17.4 Å². The third-order valence-corrected chi connectivity index (χ3v) is 6.83. The number of aromatic amines is 1. The van der Waals surface area contributed by atoms with Crippen LogP contribution in [0.2, 0.25) is 0 Å². The molecule has 184 valence electrons. The number of rotatable bonds is 7. The number of nitrogens with one attached hydrogen (secondary N) is 2. The van der Waals surface area contributed by atoms with Crippen molar-refractivity contribution < 1.29 is 14.3 Å². The molecule has 0 unspecified atom stereocenters. The molecule has 2 aliphatic rings. The molecule has 5 rings (SSSR count). The molecule has 0 saturated carbocycles. The first kappa shape index (κ1) is 23.2. The number of hydrogen-bond donors (Lipinski definition) is 2. The lowest BCUT2D eigenvalue weighted by Gasteiger charge is -2.30. The van der Waals surface area contributed by atoms with Gasteiger partial charge < -0.3 is 24.7 Å². The molecule has 2 aliphatic heterocycles. The molecule has 0 aliphatic carbocycles. The first-order valence-corrected chi connectivity index (χ1v) is 12.1. The van der Waals surface area contributed by atoms with Crippen molar-refractivity contribution in [1.29, 1.82) is 0 Å². The molecule has 3 aromatic rings. The van der Waals surface area contributed by atoms with E-state index in [1.54, 1.807) is 36.4 Å². The molecule has 35 heavy (non-hydrogen) atoms. The van der Waals surface area contributed by atoms with E-state index < -0.39 is 11.2 Å². The van der Waals surface area contributed by atoms with E-state index in [0.29, 0.717) is 34.5 Å². The number of aromatic nitrogens is 2. The normalized spacial score (nSPS) is 16.0. The standard InChI is InChI=1S/C26H30N4O5/c1-17-7-11-29(12-8-17)10-2-9-27-24(31)19-4-5-20-21(14-19)28-26(33)30(25(20)32)15-18-3-6-22-23(13-18)35-16-34-22/h3-6,13-14,17H,2,7-12,15-16H2,1H3,(H,27,31)(H,28,33). The summed E-state index contributed by atoms with van der Waals surface area (Å²) in [5.41, 5.74) is 0.555. The molecule has 0 radical (unpaired) electrons. The first-order chi connectivity index (χ1) is 17.0. The van der Waals surface area contributed by atoms with Crippen LogP contribution in [0, 0.1) is 5.92 Å². The molecule has 0 bridgehead atoms. The molecule has 9 nitrogen and oxygen atoms in total. The Morgan fingerprint density at radius 2 is 1.89 bits per heavy atom. The number of amides is 1. The van der Waals surface area contributed by atoms with E-state index in [1.165, 1.54) is 12.8 Å². The van der Waals surface area contributed by atoms with Crippen molar-refractivity contribution in [3.63, 3.8) is 0 Å². The molecular formula is C26H30N4O5. The Hall–Kier alpha value is -3.59. The minimum Gasteiger partial charge on any atom is -0.454 e. The van der Waals surface area contributed by atoms with Gasteiger partial charge in [-0.1, -0.05) is 13.0 Å². The lowest BCUT2D eigenvalue weighted by Crippen LogP contribution is -2.36. The van der Waals surface area contributed by atoms with Gasteiger partial charge in [-0.05, 0) is 80.7 Å². The minimum atomic E-state index is -0.534. The number of carbonyl (C=O) groups excluding carboxylic acids is 1. The van der Waals surface area contributed by atoms with Crippen LogP contribution in [0.5, 0.6) is 11.5 Å². The number of fused-ring (bicyclic) bond motifs is 2. The molecule has 0 atom stereocenters. The molecule has 2 aromatic carbocycles. The van der Waals surface area contributed by atoms with Crippen LogP contribution in [-0.2, 0) is 6.54 Å². The highest BCUT2D eigenvalue weighted by molar-refractivity contribution is 5.97. The van der Waals surface area contributed by atoms with E-state index in [9.17, 15) is 14.4 Å². The van der Waals surface area contributed by atoms with Crippen LogP contribution >= 0.6 is 0 Å². The van der Waals surface area contributed by atoms with Crippen molar-refractivity contribution in [2.45, 2.75) is 32.7 Å². The average molecular weight is 479 g/mol. The SMILES string of the molecule is CC1CCN(CCCNC(=O)c2ccc3c(=O)n(Cc4ccc5c(c4)OCO5)c(=O)[nH]c3c2)CC1. The number of piperidine rings is 1. The van der Waals surface area contributed by atoms with E-state index >= 15 is 0 Å². The van der Waals surface area contributed by atoms with Crippen molar-refractivity contribution in [3.05, 3.63) is 68.4 Å². The van der Waals surface area contributed by atoms with Crippen LogP contribution in [0.15, 0.2) is 46.0 Å². The zero-order valence-electron chi connectivity index (χ0n) is 19.8. The number of nitrogens with zero attached hydrogens (tertiary/aromatic N) is 2. The first-order valence-electron chi connectivity index (χ1n) is 12.1. The lowest BCUT2D eigenvalue weighted by molar-refractivity contribution is 0.0950. The summed E-state index contributed by atoms with van der Waals surface area (Å²) in [6.07, 6.45) is 3.36. The Bertz CT molecular complexity index is 1350. The van der Waals surface area contributed by atoms with Crippen molar-refractivity contribution in [2.24, 2.45) is 5.92 Å². The highest BCUT2D eigenvalue weighted by Gasteiger charge is 2.17. The summed E-state index contributed by atoms with van der Waals surface area (Å²) >= 11 is 0. The van der Waals surface area contributed by atoms with Gasteiger partial charge in [0.25, 0.3) is 11.5 Å². The third kappa shape index (κ3) is 5.09. The second-order valence-electron chi connectivity index (χ2n) is 9.40. The average Bonchev–Trinajstić information content (AvgIpc) is 3.33. The molecule has 2 N–H and O–H groups in total. The van der Waals surface area contributed by atoms with Gasteiger partial charge in [0.15, 0.2) is 11.5 Å². The van der Waals surface area contributed by atoms with Crippen LogP contribution in [0.3, 0.4) is 0 Å². The van der Waals surface area contributed by atoms with Gasteiger partial charge in [-0.25, -0.2) is 4.79 Å². The summed E-state index contributed by atoms with van der Waals surface area (Å²) in [6.45, 7) is 6.35. The van der Waals surface area contributed by atoms with Crippen molar-refractivity contribution >= 4 is 16.8 Å². The van der Waals surface area contributed by atoms with Gasteiger partial charge in [0.2, 0.25) is 6.79 Å². The van der Waals surface area contributed by atoms with Crippen molar-refractivity contribution in [3.8, 4) is 11.5 Å². The number of likely N-dealkylation sites (tertiary alicyclic amines) is 1. The third-order valence-electron chi connectivity index (χ3n) is 6.83. The van der Waals surface area contributed by atoms with E-state index in [4.69, 9.17) is 9.47 Å². The summed E-state index contributed by atoms with van der Waals surface area (Å²) in [4.78, 5) is 43.6. The smallest absolute Gasteiger partial charge is 0.329 e. The van der Waals surface area contributed by atoms with Gasteiger partial charge in [0, 0.05) is 12.1 Å². The fourth-order valence-electron chi connectivity index (χ4n) is 4.65. The Kier molecular flexibility index (Phi) is 6.59. The van der Waals surface area contributed by atoms with Crippen LogP contribution in [-0.4, -0.2) is 53.3 Å². The minimum absolute atomic E-state index is 0.0961. The number of benzene rings is 2. The molecule has 1 amide bonds. The monoisotopic (exact) mass is 478 g/mol. The largest absolute Gasteiger partial charge is 0.454 e. The fraction of sp³-hybridized carbons (Fsp3) is 0.423. The number of hydrogen-bond acceptors (Lipinski definition) is 6. The van der Waals surface area contributed by atoms with Crippen LogP contribution in [0.1, 0.15) is 42.1 Å². The van der Waals surface area contributed by atoms with E-state index in [-0.39, 0.29) is 19.2 Å². The molecule has 1 saturated heterocycles. The Balaban J connectivity index is 1.25. The zero-order chi connectivity index (χ0) is 24.4. The van der Waals surface area contributed by atoms with Crippen LogP contribution in [0.25, 0.3) is 10.9 Å². The summed E-state index contributed by atoms with van der Waals surface area (Å²) in [5.74, 6) is 1.82. The van der Waals surface area contributed by atoms with E-state index in [2.05, 4.69) is 22.1 Å². The number of carbonyl (C=O) groups is 1. The second-order valence-corrected chi connectivity index (χ2v) is 9.40. The summed E-state index contributed by atoms with van der Waals surface area (Å²) in [5, 5.41) is 3.29. The maximum absolute atomic E-state index is 13.0. The number of H-pyrrole nitrogens is 1. The van der Waals surface area contributed by atoms with Crippen LogP contribution in [0.4, 0.5) is 0 Å². The highest BCUT2D eigenvalue weighted by atomic mass is 16.7. The van der Waals surface area contributed by atoms with Crippen LogP contribution < -0.4 is 26.0 Å². The van der Waals surface area contributed by atoms with Gasteiger partial charge in [-0.15, -0.1) is 0 Å². The molecule has 1 fully saturated rings. The Morgan fingerprint density at radius 1 is 1.09 bits per heavy atom. The predicted octanol–water partition coefficient (Wildman–Crippen LogP) is 2.32. The highest BCUT2D eigenvalue weighted by Crippen LogP contribution is 2.32. The van der Waals surface area contributed by atoms with Gasteiger partial charge in [0.1, 0.15) is 0 Å². The molecule has 3 heterocycles. The maximum Gasteiger partial charge on any atom is 0.329 e. The quantitative estimate of drug-likeness (QED) is 0.505. The second kappa shape index (κ2) is 9.95. The number of ether oxygens (including phenoxy) is 2. The summed E-state index contributed by atoms with van der Waals surface area (Å²) in [6, 6.07) is 10.1. The zero-order valence-corrected chi connectivity index (χ0v) is 19.8. The molecular weight excluding hydrogens is 448 g/mol. The van der Waals surface area contributed by atoms with Gasteiger partial charge in [-0.2, -0.15) is 0 Å². The van der Waals surface area contributed by atoms with E-state index in [0.717, 1.165) is 42.1 Å². The van der Waals surface area contributed by atoms with Crippen molar-refractivity contribution in [2.75, 3.05) is 33.0 Å². The summed E-state index contributed by atoms with van der Waals surface area (Å²) < 4.78 is 11.8. The maximum atomic E-state index is 13.0. The Morgan fingerprint density at radius 3 is 2.71 bits per heavy atom. The Labute approximate surface area is 202 Å². The predicted molar refractivity (Wildman–Crippen MR) is 132 cm³/mol. The molecule has 9 heteroatoms. The topological polar surface area (TPSA) is 106 Å². The lowest BCUT2D eigenvalue weighted by atomic mass is 9.99. The van der Waals surface area contributed by atoms with Crippen molar-refractivity contribution in [1.82, 2.24) is 19.8 Å². The van der Waals surface area contributed by atoms with E-state index in [1.807, 2.05) is 0 Å². The molecule has 0 spiro atoms. The summed E-state index contributed by atoms with van der Waals surface area (Å²) in [7, 11) is 0. The fourth-order valence-corrected chi connectivity index (χ4v) is 4.65.